The van der Waals surface area contributed by atoms with E-state index in [0.717, 1.165) is 10.8 Å². The Morgan fingerprint density at radius 2 is 1.56 bits per heavy atom. The zero-order chi connectivity index (χ0) is 23.3. The van der Waals surface area contributed by atoms with E-state index in [9.17, 15) is 22.4 Å². The van der Waals surface area contributed by atoms with E-state index in [4.69, 9.17) is 0 Å². The summed E-state index contributed by atoms with van der Waals surface area (Å²) in [5.41, 5.74) is 5.09. The summed E-state index contributed by atoms with van der Waals surface area (Å²) in [5.74, 6) is -2.03. The van der Waals surface area contributed by atoms with Crippen molar-refractivity contribution < 1.29 is 22.4 Å². The number of benzene rings is 3. The lowest BCUT2D eigenvalue weighted by molar-refractivity contribution is -0.130. The maximum Gasteiger partial charge on any atom is 0.256 e. The van der Waals surface area contributed by atoms with Crippen LogP contribution in [0.3, 0.4) is 0 Å². The number of carbonyl (C=O) groups is 2. The van der Waals surface area contributed by atoms with E-state index in [2.05, 4.69) is 15.6 Å². The number of halogens is 1. The maximum absolute atomic E-state index is 13.0. The second-order valence-corrected chi connectivity index (χ2v) is 9.41. The molecule has 0 radical (unpaired) electrons. The van der Waals surface area contributed by atoms with Crippen LogP contribution in [0, 0.1) is 11.7 Å². The van der Waals surface area contributed by atoms with E-state index in [1.807, 2.05) is 18.2 Å². The minimum Gasteiger partial charge on any atom is -0.273 e. The highest BCUT2D eigenvalue weighted by molar-refractivity contribution is 7.89. The molecule has 0 aliphatic carbocycles. The first-order valence-electron chi connectivity index (χ1n) is 10.00. The van der Waals surface area contributed by atoms with Crippen LogP contribution in [-0.2, 0) is 26.0 Å². The first-order valence-corrected chi connectivity index (χ1v) is 11.5. The number of amides is 2. The lowest BCUT2D eigenvalue weighted by Gasteiger charge is -2.22. The molecule has 3 aromatic rings. The van der Waals surface area contributed by atoms with Crippen LogP contribution in [-0.4, -0.2) is 26.3 Å². The van der Waals surface area contributed by atoms with Crippen molar-refractivity contribution in [1.82, 2.24) is 15.6 Å². The van der Waals surface area contributed by atoms with Crippen LogP contribution in [0.15, 0.2) is 71.6 Å². The zero-order valence-corrected chi connectivity index (χ0v) is 18.4. The molecule has 3 aromatic carbocycles. The van der Waals surface area contributed by atoms with Gasteiger partial charge in [-0.05, 0) is 46.5 Å². The van der Waals surface area contributed by atoms with Gasteiger partial charge in [-0.3, -0.25) is 20.4 Å². The highest BCUT2D eigenvalue weighted by atomic mass is 32.2. The van der Waals surface area contributed by atoms with Crippen molar-refractivity contribution >= 4 is 32.6 Å². The number of fused-ring (bicyclic) bond motifs is 1. The molecule has 0 aliphatic heterocycles. The summed E-state index contributed by atoms with van der Waals surface area (Å²) in [6, 6.07) is 16.3. The number of rotatable bonds is 7. The Hall–Kier alpha value is -3.30. The molecule has 168 valence electrons. The molecule has 2 amide bonds. The average molecular weight is 458 g/mol. The van der Waals surface area contributed by atoms with Gasteiger partial charge in [-0.15, -0.1) is 0 Å². The predicted molar refractivity (Wildman–Crippen MR) is 119 cm³/mol. The van der Waals surface area contributed by atoms with Crippen LogP contribution in [0.5, 0.6) is 0 Å². The van der Waals surface area contributed by atoms with Gasteiger partial charge in [-0.1, -0.05) is 56.3 Å². The monoisotopic (exact) mass is 457 g/mol. The smallest absolute Gasteiger partial charge is 0.256 e. The van der Waals surface area contributed by atoms with Crippen molar-refractivity contribution in [2.45, 2.75) is 31.2 Å². The minimum atomic E-state index is -3.99. The van der Waals surface area contributed by atoms with Crippen molar-refractivity contribution in [2.75, 3.05) is 0 Å². The van der Waals surface area contributed by atoms with E-state index in [-0.39, 0.29) is 17.2 Å². The molecule has 7 nitrogen and oxygen atoms in total. The van der Waals surface area contributed by atoms with Crippen molar-refractivity contribution in [3.63, 3.8) is 0 Å². The number of hydrogen-bond acceptors (Lipinski definition) is 4. The fraction of sp³-hybridized carbons (Fsp3) is 0.217. The van der Waals surface area contributed by atoms with E-state index in [0.29, 0.717) is 5.56 Å². The Kier molecular flexibility index (Phi) is 7.22. The molecule has 3 rings (SSSR count). The average Bonchev–Trinajstić information content (AvgIpc) is 2.77. The van der Waals surface area contributed by atoms with Crippen molar-refractivity contribution in [1.29, 1.82) is 0 Å². The summed E-state index contributed by atoms with van der Waals surface area (Å²) in [6.07, 6.45) is -0.0737. The number of carbonyl (C=O) groups excluding carboxylic acids is 2. The summed E-state index contributed by atoms with van der Waals surface area (Å²) in [7, 11) is -3.99. The SMILES string of the molecule is CC(C)C(NS(=O)(=O)c1ccc2ccccc2c1)C(=O)NNC(=O)Cc1ccc(F)cc1. The standard InChI is InChI=1S/C23H24FN3O4S/c1-15(2)22(23(29)26-25-21(28)13-16-7-10-19(24)11-8-16)27-32(30,31)20-12-9-17-5-3-4-6-18(17)14-20/h3-12,14-15,22,27H,13H2,1-2H3,(H,25,28)(H,26,29). The van der Waals surface area contributed by atoms with Crippen LogP contribution in [0.4, 0.5) is 4.39 Å². The van der Waals surface area contributed by atoms with Gasteiger partial charge in [0, 0.05) is 0 Å². The molecular weight excluding hydrogens is 433 g/mol. The molecule has 0 aromatic heterocycles. The number of hydrazine groups is 1. The maximum atomic E-state index is 13.0. The summed E-state index contributed by atoms with van der Waals surface area (Å²) in [5, 5.41) is 1.66. The molecule has 9 heteroatoms. The van der Waals surface area contributed by atoms with Gasteiger partial charge in [0.1, 0.15) is 11.9 Å². The first kappa shape index (κ1) is 23.4. The molecule has 0 spiro atoms. The zero-order valence-electron chi connectivity index (χ0n) is 17.6. The minimum absolute atomic E-state index is 0.0370. The topological polar surface area (TPSA) is 104 Å². The predicted octanol–water partition coefficient (Wildman–Crippen LogP) is 2.67. The lowest BCUT2D eigenvalue weighted by atomic mass is 10.1. The quantitative estimate of drug-likeness (QED) is 0.475. The van der Waals surface area contributed by atoms with E-state index in [1.165, 1.54) is 36.4 Å². The summed E-state index contributed by atoms with van der Waals surface area (Å²) >= 11 is 0. The summed E-state index contributed by atoms with van der Waals surface area (Å²) in [6.45, 7) is 3.38. The number of sulfonamides is 1. The van der Waals surface area contributed by atoms with Crippen molar-refractivity contribution in [3.05, 3.63) is 78.1 Å². The summed E-state index contributed by atoms with van der Waals surface area (Å²) in [4.78, 5) is 24.7. The number of hydrogen-bond donors (Lipinski definition) is 3. The number of nitrogens with one attached hydrogen (secondary N) is 3. The van der Waals surface area contributed by atoms with Gasteiger partial charge < -0.3 is 0 Å². The largest absolute Gasteiger partial charge is 0.273 e. The molecule has 0 saturated carbocycles. The first-order chi connectivity index (χ1) is 15.2. The third kappa shape index (κ3) is 5.89. The van der Waals surface area contributed by atoms with E-state index in [1.54, 1.807) is 26.0 Å². The van der Waals surface area contributed by atoms with Gasteiger partial charge >= 0.3 is 0 Å². The van der Waals surface area contributed by atoms with Crippen LogP contribution in [0.25, 0.3) is 10.8 Å². The Balaban J connectivity index is 1.66. The van der Waals surface area contributed by atoms with Crippen LogP contribution in [0.1, 0.15) is 19.4 Å². The van der Waals surface area contributed by atoms with Gasteiger partial charge in [0.25, 0.3) is 5.91 Å². The second-order valence-electron chi connectivity index (χ2n) is 7.69. The van der Waals surface area contributed by atoms with Crippen molar-refractivity contribution in [2.24, 2.45) is 5.92 Å². The van der Waals surface area contributed by atoms with Crippen LogP contribution >= 0.6 is 0 Å². The third-order valence-corrected chi connectivity index (χ3v) is 6.30. The van der Waals surface area contributed by atoms with Crippen LogP contribution < -0.4 is 15.6 Å². The molecule has 32 heavy (non-hydrogen) atoms. The van der Waals surface area contributed by atoms with Crippen LogP contribution in [0.2, 0.25) is 0 Å². The normalized spacial score (nSPS) is 12.5. The molecule has 0 fully saturated rings. The molecular formula is C23H24FN3O4S. The van der Waals surface area contributed by atoms with E-state index < -0.39 is 33.7 Å². The molecule has 1 unspecified atom stereocenters. The molecule has 1 atom stereocenters. The Morgan fingerprint density at radius 3 is 2.22 bits per heavy atom. The molecule has 0 bridgehead atoms. The Morgan fingerprint density at radius 1 is 0.906 bits per heavy atom. The van der Waals surface area contributed by atoms with Gasteiger partial charge in [-0.2, -0.15) is 4.72 Å². The van der Waals surface area contributed by atoms with Gasteiger partial charge in [0.2, 0.25) is 15.9 Å². The second kappa shape index (κ2) is 9.88. The lowest BCUT2D eigenvalue weighted by Crippen LogP contribution is -2.54. The highest BCUT2D eigenvalue weighted by Gasteiger charge is 2.28. The third-order valence-electron chi connectivity index (χ3n) is 4.87. The summed E-state index contributed by atoms with van der Waals surface area (Å²) < 4.78 is 41.2. The van der Waals surface area contributed by atoms with E-state index >= 15 is 0 Å². The molecule has 0 aliphatic rings. The fourth-order valence-corrected chi connectivity index (χ4v) is 4.48. The molecule has 0 saturated heterocycles. The van der Waals surface area contributed by atoms with Gasteiger partial charge in [-0.25, -0.2) is 12.8 Å². The molecule has 3 N–H and O–H groups in total. The molecule has 0 heterocycles. The van der Waals surface area contributed by atoms with Gasteiger partial charge in [0.15, 0.2) is 0 Å². The highest BCUT2D eigenvalue weighted by Crippen LogP contribution is 2.19. The van der Waals surface area contributed by atoms with Crippen molar-refractivity contribution in [3.8, 4) is 0 Å². The Bertz CT molecular complexity index is 1230. The Labute approximate surface area is 186 Å². The van der Waals surface area contributed by atoms with Gasteiger partial charge in [0.05, 0.1) is 11.3 Å². The fourth-order valence-electron chi connectivity index (χ4n) is 3.10.